The van der Waals surface area contributed by atoms with Crippen molar-refractivity contribution in [1.82, 2.24) is 0 Å². The van der Waals surface area contributed by atoms with E-state index in [-0.39, 0.29) is 16.8 Å². The molecule has 2 N–H and O–H groups in total. The number of para-hydroxylation sites is 2. The van der Waals surface area contributed by atoms with Crippen molar-refractivity contribution in [2.45, 2.75) is 0 Å². The molecule has 0 bridgehead atoms. The maximum absolute atomic E-state index is 12.5. The summed E-state index contributed by atoms with van der Waals surface area (Å²) in [4.78, 5) is 23.7. The second-order valence-electron chi connectivity index (χ2n) is 5.96. The maximum atomic E-state index is 12.5. The molecule has 29 heavy (non-hydrogen) atoms. The van der Waals surface area contributed by atoms with Gasteiger partial charge in [0.15, 0.2) is 0 Å². The molecule has 0 aromatic heterocycles. The smallest absolute Gasteiger partial charge is 0.337 e. The number of aromatic carboxylic acids is 1. The molecule has 0 aliphatic heterocycles. The molecule has 3 aromatic carbocycles. The van der Waals surface area contributed by atoms with Crippen LogP contribution in [0.15, 0.2) is 84.4 Å². The van der Waals surface area contributed by atoms with Crippen LogP contribution in [0, 0.1) is 11.3 Å². The molecule has 0 aliphatic rings. The van der Waals surface area contributed by atoms with Gasteiger partial charge in [-0.05, 0) is 48.0 Å². The Morgan fingerprint density at radius 2 is 1.62 bits per heavy atom. The lowest BCUT2D eigenvalue weighted by atomic mass is 10.1. The molecule has 1 amide bonds. The Morgan fingerprint density at radius 1 is 0.931 bits per heavy atom. The number of hydrogen-bond acceptors (Lipinski definition) is 4. The summed E-state index contributed by atoms with van der Waals surface area (Å²) in [5.41, 5.74) is 0.488. The highest BCUT2D eigenvalue weighted by atomic mass is 16.5. The average Bonchev–Trinajstić information content (AvgIpc) is 2.73. The van der Waals surface area contributed by atoms with Crippen LogP contribution < -0.4 is 10.1 Å². The fraction of sp³-hybridized carbons (Fsp3) is 0. The third-order valence-corrected chi connectivity index (χ3v) is 3.92. The van der Waals surface area contributed by atoms with Crippen LogP contribution in [0.1, 0.15) is 15.9 Å². The molecule has 3 rings (SSSR count). The van der Waals surface area contributed by atoms with Crippen molar-refractivity contribution in [1.29, 1.82) is 5.26 Å². The third-order valence-electron chi connectivity index (χ3n) is 3.92. The monoisotopic (exact) mass is 384 g/mol. The first-order valence-corrected chi connectivity index (χ1v) is 8.65. The lowest BCUT2D eigenvalue weighted by molar-refractivity contribution is -0.112. The number of rotatable bonds is 6. The number of carboxylic acids is 1. The summed E-state index contributed by atoms with van der Waals surface area (Å²) in [5.74, 6) is -0.652. The van der Waals surface area contributed by atoms with Gasteiger partial charge in [0, 0.05) is 0 Å². The Hall–Kier alpha value is -4.37. The van der Waals surface area contributed by atoms with E-state index in [4.69, 9.17) is 4.74 Å². The SMILES string of the molecule is N#CC(=Cc1cccc(Oc2ccccc2)c1)C(=O)Nc1ccccc1C(=O)O. The lowest BCUT2D eigenvalue weighted by Crippen LogP contribution is -2.16. The summed E-state index contributed by atoms with van der Waals surface area (Å²) < 4.78 is 5.75. The molecule has 3 aromatic rings. The molecule has 0 radical (unpaired) electrons. The predicted octanol–water partition coefficient (Wildman–Crippen LogP) is 4.72. The molecular weight excluding hydrogens is 368 g/mol. The Labute approximate surface area is 167 Å². The first-order chi connectivity index (χ1) is 14.1. The van der Waals surface area contributed by atoms with E-state index in [0.29, 0.717) is 17.1 Å². The van der Waals surface area contributed by atoms with Crippen LogP contribution >= 0.6 is 0 Å². The van der Waals surface area contributed by atoms with Crippen LogP contribution in [-0.2, 0) is 4.79 Å². The van der Waals surface area contributed by atoms with Crippen LogP contribution in [-0.4, -0.2) is 17.0 Å². The zero-order valence-corrected chi connectivity index (χ0v) is 15.2. The third kappa shape index (κ3) is 5.08. The van der Waals surface area contributed by atoms with Gasteiger partial charge in [0.25, 0.3) is 5.91 Å². The van der Waals surface area contributed by atoms with Gasteiger partial charge in [-0.1, -0.05) is 42.5 Å². The molecule has 0 saturated heterocycles. The highest BCUT2D eigenvalue weighted by molar-refractivity contribution is 6.11. The van der Waals surface area contributed by atoms with E-state index in [1.165, 1.54) is 18.2 Å². The highest BCUT2D eigenvalue weighted by Gasteiger charge is 2.15. The Morgan fingerprint density at radius 3 is 2.34 bits per heavy atom. The second kappa shape index (κ2) is 9.02. The van der Waals surface area contributed by atoms with Gasteiger partial charge in [-0.3, -0.25) is 4.79 Å². The fourth-order valence-electron chi connectivity index (χ4n) is 2.58. The molecular formula is C23H16N2O4. The number of carbonyl (C=O) groups is 2. The molecule has 0 heterocycles. The van der Waals surface area contributed by atoms with E-state index in [0.717, 1.165) is 0 Å². The Balaban J connectivity index is 1.81. The number of nitriles is 1. The van der Waals surface area contributed by atoms with E-state index in [2.05, 4.69) is 5.32 Å². The van der Waals surface area contributed by atoms with Crippen LogP contribution in [0.5, 0.6) is 11.5 Å². The quantitative estimate of drug-likeness (QED) is 0.473. The average molecular weight is 384 g/mol. The maximum Gasteiger partial charge on any atom is 0.337 e. The van der Waals surface area contributed by atoms with Crippen molar-refractivity contribution in [3.8, 4) is 17.6 Å². The van der Waals surface area contributed by atoms with Gasteiger partial charge >= 0.3 is 5.97 Å². The minimum absolute atomic E-state index is 0.0589. The van der Waals surface area contributed by atoms with Gasteiger partial charge < -0.3 is 15.2 Å². The number of carbonyl (C=O) groups excluding carboxylic acids is 1. The predicted molar refractivity (Wildman–Crippen MR) is 109 cm³/mol. The van der Waals surface area contributed by atoms with Crippen molar-refractivity contribution in [3.05, 3.63) is 95.6 Å². The zero-order valence-electron chi connectivity index (χ0n) is 15.2. The Kier molecular flexibility index (Phi) is 6.03. The topological polar surface area (TPSA) is 99.4 Å². The number of amides is 1. The summed E-state index contributed by atoms with van der Waals surface area (Å²) in [5, 5.41) is 21.1. The minimum atomic E-state index is -1.17. The summed E-state index contributed by atoms with van der Waals surface area (Å²) in [6, 6.07) is 24.0. The van der Waals surface area contributed by atoms with Crippen LogP contribution in [0.3, 0.4) is 0 Å². The summed E-state index contributed by atoms with van der Waals surface area (Å²) >= 11 is 0. The summed E-state index contributed by atoms with van der Waals surface area (Å²) in [7, 11) is 0. The van der Waals surface area contributed by atoms with Crippen LogP contribution in [0.2, 0.25) is 0 Å². The van der Waals surface area contributed by atoms with E-state index in [1.54, 1.807) is 36.4 Å². The molecule has 142 valence electrons. The first-order valence-electron chi connectivity index (χ1n) is 8.65. The van der Waals surface area contributed by atoms with Gasteiger partial charge in [0.1, 0.15) is 23.1 Å². The molecule has 0 spiro atoms. The highest BCUT2D eigenvalue weighted by Crippen LogP contribution is 2.23. The van der Waals surface area contributed by atoms with Gasteiger partial charge in [-0.25, -0.2) is 4.79 Å². The van der Waals surface area contributed by atoms with Gasteiger partial charge in [0.2, 0.25) is 0 Å². The minimum Gasteiger partial charge on any atom is -0.478 e. The number of nitrogens with one attached hydrogen (secondary N) is 1. The number of carboxylic acid groups (broad SMARTS) is 1. The van der Waals surface area contributed by atoms with E-state index in [1.807, 2.05) is 36.4 Å². The number of anilines is 1. The van der Waals surface area contributed by atoms with E-state index >= 15 is 0 Å². The van der Waals surface area contributed by atoms with Crippen LogP contribution in [0.4, 0.5) is 5.69 Å². The second-order valence-corrected chi connectivity index (χ2v) is 5.96. The molecule has 6 nitrogen and oxygen atoms in total. The lowest BCUT2D eigenvalue weighted by Gasteiger charge is -2.08. The molecule has 0 aliphatic carbocycles. The van der Waals surface area contributed by atoms with Crippen molar-refractivity contribution in [3.63, 3.8) is 0 Å². The zero-order chi connectivity index (χ0) is 20.6. The number of ether oxygens (including phenoxy) is 1. The molecule has 0 atom stereocenters. The van der Waals surface area contributed by atoms with E-state index < -0.39 is 11.9 Å². The molecule has 6 heteroatoms. The summed E-state index contributed by atoms with van der Waals surface area (Å²) in [6.45, 7) is 0. The van der Waals surface area contributed by atoms with Crippen molar-refractivity contribution in [2.24, 2.45) is 0 Å². The standard InChI is InChI=1S/C23H16N2O4/c24-15-17(22(26)25-21-12-5-4-11-20(21)23(27)28)13-16-7-6-10-19(14-16)29-18-8-2-1-3-9-18/h1-14H,(H,25,26)(H,27,28). The molecule has 0 saturated carbocycles. The van der Waals surface area contributed by atoms with Crippen LogP contribution in [0.25, 0.3) is 6.08 Å². The van der Waals surface area contributed by atoms with Crippen molar-refractivity contribution in [2.75, 3.05) is 5.32 Å². The first kappa shape index (κ1) is 19.4. The van der Waals surface area contributed by atoms with Gasteiger partial charge in [0.05, 0.1) is 11.3 Å². The van der Waals surface area contributed by atoms with E-state index in [9.17, 15) is 20.0 Å². The van der Waals surface area contributed by atoms with Gasteiger partial charge in [-0.2, -0.15) is 5.26 Å². The number of benzene rings is 3. The largest absolute Gasteiger partial charge is 0.478 e. The number of hydrogen-bond donors (Lipinski definition) is 2. The number of nitrogens with zero attached hydrogens (tertiary/aromatic N) is 1. The molecule has 0 unspecified atom stereocenters. The van der Waals surface area contributed by atoms with Crippen molar-refractivity contribution < 1.29 is 19.4 Å². The molecule has 0 fully saturated rings. The summed E-state index contributed by atoms with van der Waals surface area (Å²) in [6.07, 6.45) is 1.41. The normalized spacial score (nSPS) is 10.7. The Bertz CT molecular complexity index is 1110. The fourth-order valence-corrected chi connectivity index (χ4v) is 2.58. The van der Waals surface area contributed by atoms with Gasteiger partial charge in [-0.15, -0.1) is 0 Å². The van der Waals surface area contributed by atoms with Crippen molar-refractivity contribution >= 4 is 23.6 Å².